The Morgan fingerprint density at radius 1 is 1.44 bits per heavy atom. The van der Waals surface area contributed by atoms with Gasteiger partial charge in [0.25, 0.3) is 0 Å². The minimum Gasteiger partial charge on any atom is -0.497 e. The standard InChI is InChI=1S/C19H23N3O3/c1-14-11-20-7-6-16(14)12-21-19(23)22-8-9-25-18(13-22)15-4-3-5-17(10-15)24-2/h3-7,10-11,18H,8-9,12-13H2,1-2H3,(H,21,23)/t18-/m0/s1. The van der Waals surface area contributed by atoms with E-state index < -0.39 is 0 Å². The summed E-state index contributed by atoms with van der Waals surface area (Å²) in [6, 6.07) is 9.62. The van der Waals surface area contributed by atoms with Crippen LogP contribution in [0.4, 0.5) is 4.79 Å². The summed E-state index contributed by atoms with van der Waals surface area (Å²) >= 11 is 0. The van der Waals surface area contributed by atoms with Crippen LogP contribution in [0.1, 0.15) is 22.8 Å². The summed E-state index contributed by atoms with van der Waals surface area (Å²) in [4.78, 5) is 18.4. The van der Waals surface area contributed by atoms with Crippen molar-refractivity contribution in [1.29, 1.82) is 0 Å². The van der Waals surface area contributed by atoms with Gasteiger partial charge in [-0.25, -0.2) is 4.79 Å². The number of ether oxygens (including phenoxy) is 2. The number of nitrogens with one attached hydrogen (secondary N) is 1. The molecule has 2 amide bonds. The van der Waals surface area contributed by atoms with E-state index in [1.807, 2.05) is 37.3 Å². The summed E-state index contributed by atoms with van der Waals surface area (Å²) in [6.07, 6.45) is 3.40. The lowest BCUT2D eigenvalue weighted by Crippen LogP contribution is -2.47. The summed E-state index contributed by atoms with van der Waals surface area (Å²) in [7, 11) is 1.64. The molecule has 132 valence electrons. The second-order valence-corrected chi connectivity index (χ2v) is 6.04. The lowest BCUT2D eigenvalue weighted by atomic mass is 10.1. The first-order valence-electron chi connectivity index (χ1n) is 8.35. The van der Waals surface area contributed by atoms with Crippen molar-refractivity contribution in [2.24, 2.45) is 0 Å². The highest BCUT2D eigenvalue weighted by Gasteiger charge is 2.25. The highest BCUT2D eigenvalue weighted by molar-refractivity contribution is 5.74. The number of pyridine rings is 1. The number of aryl methyl sites for hydroxylation is 1. The highest BCUT2D eigenvalue weighted by atomic mass is 16.5. The van der Waals surface area contributed by atoms with Gasteiger partial charge in [-0.3, -0.25) is 4.98 Å². The molecule has 0 radical (unpaired) electrons. The van der Waals surface area contributed by atoms with E-state index in [1.165, 1.54) is 0 Å². The third-order valence-corrected chi connectivity index (χ3v) is 4.39. The van der Waals surface area contributed by atoms with Crippen molar-refractivity contribution >= 4 is 6.03 Å². The fourth-order valence-corrected chi connectivity index (χ4v) is 2.86. The Morgan fingerprint density at radius 3 is 3.12 bits per heavy atom. The number of urea groups is 1. The van der Waals surface area contributed by atoms with E-state index in [9.17, 15) is 4.79 Å². The number of carbonyl (C=O) groups is 1. The maximum atomic E-state index is 12.5. The summed E-state index contributed by atoms with van der Waals surface area (Å²) in [5, 5.41) is 2.98. The van der Waals surface area contributed by atoms with Crippen LogP contribution >= 0.6 is 0 Å². The molecule has 1 N–H and O–H groups in total. The number of hydrogen-bond donors (Lipinski definition) is 1. The van der Waals surface area contributed by atoms with Crippen molar-refractivity contribution in [2.45, 2.75) is 19.6 Å². The Kier molecular flexibility index (Phi) is 5.50. The molecule has 2 heterocycles. The summed E-state index contributed by atoms with van der Waals surface area (Å²) in [6.45, 7) is 4.11. The van der Waals surface area contributed by atoms with Gasteiger partial charge in [-0.05, 0) is 41.8 Å². The Morgan fingerprint density at radius 2 is 2.32 bits per heavy atom. The average Bonchev–Trinajstić information content (AvgIpc) is 2.67. The molecule has 2 aromatic rings. The van der Waals surface area contributed by atoms with Crippen LogP contribution in [-0.2, 0) is 11.3 Å². The second-order valence-electron chi connectivity index (χ2n) is 6.04. The SMILES string of the molecule is COc1cccc([C@@H]2CN(C(=O)NCc3ccncc3C)CCO2)c1. The maximum absolute atomic E-state index is 12.5. The molecule has 1 atom stereocenters. The first-order valence-corrected chi connectivity index (χ1v) is 8.35. The minimum absolute atomic E-state index is 0.0765. The van der Waals surface area contributed by atoms with Gasteiger partial charge in [-0.1, -0.05) is 12.1 Å². The number of nitrogens with zero attached hydrogens (tertiary/aromatic N) is 2. The number of hydrogen-bond acceptors (Lipinski definition) is 4. The fraction of sp³-hybridized carbons (Fsp3) is 0.368. The monoisotopic (exact) mass is 341 g/mol. The van der Waals surface area contributed by atoms with E-state index in [0.29, 0.717) is 26.2 Å². The fourth-order valence-electron chi connectivity index (χ4n) is 2.86. The molecule has 0 aliphatic carbocycles. The molecule has 1 aromatic carbocycles. The number of aromatic nitrogens is 1. The lowest BCUT2D eigenvalue weighted by Gasteiger charge is -2.33. The Labute approximate surface area is 147 Å². The molecule has 0 unspecified atom stereocenters. The van der Waals surface area contributed by atoms with Gasteiger partial charge >= 0.3 is 6.03 Å². The number of rotatable bonds is 4. The lowest BCUT2D eigenvalue weighted by molar-refractivity contribution is -0.0155. The van der Waals surface area contributed by atoms with Crippen molar-refractivity contribution in [3.63, 3.8) is 0 Å². The van der Waals surface area contributed by atoms with E-state index in [4.69, 9.17) is 9.47 Å². The summed E-state index contributed by atoms with van der Waals surface area (Å²) in [5.41, 5.74) is 3.15. The maximum Gasteiger partial charge on any atom is 0.317 e. The summed E-state index contributed by atoms with van der Waals surface area (Å²) in [5.74, 6) is 0.788. The van der Waals surface area contributed by atoms with E-state index in [0.717, 1.165) is 22.4 Å². The number of amides is 2. The van der Waals surface area contributed by atoms with Gasteiger partial charge in [0.2, 0.25) is 0 Å². The van der Waals surface area contributed by atoms with Crippen LogP contribution in [0.3, 0.4) is 0 Å². The molecule has 1 aliphatic rings. The topological polar surface area (TPSA) is 63.7 Å². The first kappa shape index (κ1) is 17.2. The van der Waals surface area contributed by atoms with Gasteiger partial charge in [0.15, 0.2) is 0 Å². The molecule has 3 rings (SSSR count). The molecule has 1 saturated heterocycles. The first-order chi connectivity index (χ1) is 12.2. The van der Waals surface area contributed by atoms with Crippen LogP contribution in [0.2, 0.25) is 0 Å². The zero-order chi connectivity index (χ0) is 17.6. The average molecular weight is 341 g/mol. The van der Waals surface area contributed by atoms with Crippen LogP contribution in [0.5, 0.6) is 5.75 Å². The van der Waals surface area contributed by atoms with Crippen LogP contribution in [0.25, 0.3) is 0 Å². The third-order valence-electron chi connectivity index (χ3n) is 4.39. The molecule has 1 aliphatic heterocycles. The molecular formula is C19H23N3O3. The molecule has 6 nitrogen and oxygen atoms in total. The molecule has 0 bridgehead atoms. The number of morpholine rings is 1. The Balaban J connectivity index is 1.60. The van der Waals surface area contributed by atoms with Crippen molar-refractivity contribution in [3.8, 4) is 5.75 Å². The zero-order valence-corrected chi connectivity index (χ0v) is 14.6. The summed E-state index contributed by atoms with van der Waals surface area (Å²) < 4.78 is 11.1. The van der Waals surface area contributed by atoms with Gasteiger partial charge in [0, 0.05) is 25.5 Å². The van der Waals surface area contributed by atoms with Crippen LogP contribution in [-0.4, -0.2) is 42.7 Å². The van der Waals surface area contributed by atoms with E-state index in [2.05, 4.69) is 10.3 Å². The van der Waals surface area contributed by atoms with Gasteiger partial charge in [0.1, 0.15) is 11.9 Å². The largest absolute Gasteiger partial charge is 0.497 e. The van der Waals surface area contributed by atoms with Crippen LogP contribution in [0.15, 0.2) is 42.7 Å². The van der Waals surface area contributed by atoms with E-state index in [1.54, 1.807) is 24.4 Å². The van der Waals surface area contributed by atoms with Gasteiger partial charge in [-0.15, -0.1) is 0 Å². The molecule has 0 spiro atoms. The Bertz CT molecular complexity index is 735. The van der Waals surface area contributed by atoms with E-state index >= 15 is 0 Å². The molecule has 1 aromatic heterocycles. The zero-order valence-electron chi connectivity index (χ0n) is 14.6. The normalized spacial score (nSPS) is 17.2. The smallest absolute Gasteiger partial charge is 0.317 e. The molecule has 0 saturated carbocycles. The molecule has 6 heteroatoms. The number of methoxy groups -OCH3 is 1. The van der Waals surface area contributed by atoms with Crippen molar-refractivity contribution < 1.29 is 14.3 Å². The highest BCUT2D eigenvalue weighted by Crippen LogP contribution is 2.25. The quantitative estimate of drug-likeness (QED) is 0.929. The number of benzene rings is 1. The van der Waals surface area contributed by atoms with Crippen LogP contribution in [0, 0.1) is 6.92 Å². The van der Waals surface area contributed by atoms with Crippen molar-refractivity contribution in [2.75, 3.05) is 26.8 Å². The second kappa shape index (κ2) is 7.98. The van der Waals surface area contributed by atoms with Crippen LogP contribution < -0.4 is 10.1 Å². The van der Waals surface area contributed by atoms with Gasteiger partial charge in [0.05, 0.1) is 20.3 Å². The number of carbonyl (C=O) groups excluding carboxylic acids is 1. The van der Waals surface area contributed by atoms with Gasteiger partial charge < -0.3 is 19.7 Å². The Hall–Kier alpha value is -2.60. The van der Waals surface area contributed by atoms with Crippen molar-refractivity contribution in [3.05, 3.63) is 59.4 Å². The molecule has 25 heavy (non-hydrogen) atoms. The van der Waals surface area contributed by atoms with E-state index in [-0.39, 0.29) is 12.1 Å². The molecular weight excluding hydrogens is 318 g/mol. The molecule has 1 fully saturated rings. The predicted octanol–water partition coefficient (Wildman–Crippen LogP) is 2.68. The van der Waals surface area contributed by atoms with Crippen molar-refractivity contribution in [1.82, 2.24) is 15.2 Å². The predicted molar refractivity (Wildman–Crippen MR) is 94.5 cm³/mol. The third kappa shape index (κ3) is 4.28. The minimum atomic E-state index is -0.141. The van der Waals surface area contributed by atoms with Gasteiger partial charge in [-0.2, -0.15) is 0 Å².